The third-order valence-electron chi connectivity index (χ3n) is 2.91. The maximum atomic E-state index is 8.70. The third kappa shape index (κ3) is 2.27. The topological polar surface area (TPSA) is 44.3 Å². The Labute approximate surface area is 111 Å². The summed E-state index contributed by atoms with van der Waals surface area (Å²) in [5, 5.41) is 8.70. The number of alkyl halides is 1. The molecule has 0 saturated heterocycles. The number of nitriles is 1. The van der Waals surface area contributed by atoms with E-state index in [0.29, 0.717) is 18.8 Å². The van der Waals surface area contributed by atoms with E-state index in [0.717, 1.165) is 23.7 Å². The van der Waals surface area contributed by atoms with E-state index < -0.39 is 0 Å². The molecule has 94 valence electrons. The second-order valence-corrected chi connectivity index (χ2v) is 4.20. The van der Waals surface area contributed by atoms with Gasteiger partial charge in [-0.05, 0) is 19.1 Å². The van der Waals surface area contributed by atoms with Crippen molar-refractivity contribution in [3.05, 3.63) is 30.1 Å². The third-order valence-corrected chi connectivity index (χ3v) is 3.16. The second kappa shape index (κ2) is 5.74. The Kier molecular flexibility index (Phi) is 4.06. The first-order valence-electron chi connectivity index (χ1n) is 5.95. The number of fused-ring (bicyclic) bond motifs is 1. The Morgan fingerprint density at radius 2 is 2.33 bits per heavy atom. The monoisotopic (exact) mass is 262 g/mol. The van der Waals surface area contributed by atoms with Crippen LogP contribution < -0.4 is 4.90 Å². The van der Waals surface area contributed by atoms with E-state index in [9.17, 15) is 0 Å². The number of halogens is 1. The van der Waals surface area contributed by atoms with E-state index in [1.54, 1.807) is 0 Å². The average molecular weight is 263 g/mol. The Morgan fingerprint density at radius 1 is 1.50 bits per heavy atom. The lowest BCUT2D eigenvalue weighted by molar-refractivity contribution is 0.809. The molecule has 0 unspecified atom stereocenters. The number of pyridine rings is 1. The Hall–Kier alpha value is -1.73. The van der Waals surface area contributed by atoms with Crippen LogP contribution in [0.2, 0.25) is 0 Å². The fourth-order valence-electron chi connectivity index (χ4n) is 2.01. The number of nitrogens with zero attached hydrogens (tertiary/aromatic N) is 4. The van der Waals surface area contributed by atoms with Gasteiger partial charge in [0.05, 0.1) is 24.1 Å². The van der Waals surface area contributed by atoms with Crippen LogP contribution in [0.5, 0.6) is 0 Å². The van der Waals surface area contributed by atoms with Gasteiger partial charge in [0, 0.05) is 19.3 Å². The van der Waals surface area contributed by atoms with Crippen molar-refractivity contribution >= 4 is 23.1 Å². The van der Waals surface area contributed by atoms with E-state index in [1.807, 2.05) is 28.8 Å². The van der Waals surface area contributed by atoms with Crippen LogP contribution in [0.15, 0.2) is 24.4 Å². The lowest BCUT2D eigenvalue weighted by atomic mass is 10.3. The smallest absolute Gasteiger partial charge is 0.152 e. The van der Waals surface area contributed by atoms with Gasteiger partial charge in [-0.3, -0.25) is 0 Å². The number of hydrogen-bond acceptors (Lipinski definition) is 3. The lowest BCUT2D eigenvalue weighted by Crippen LogP contribution is -2.25. The highest BCUT2D eigenvalue weighted by atomic mass is 35.5. The Bertz CT molecular complexity index is 570. The predicted molar refractivity (Wildman–Crippen MR) is 72.9 cm³/mol. The summed E-state index contributed by atoms with van der Waals surface area (Å²) >= 11 is 6.03. The van der Waals surface area contributed by atoms with E-state index in [1.165, 1.54) is 0 Å². The molecule has 0 aliphatic heterocycles. The molecule has 0 fully saturated rings. The lowest BCUT2D eigenvalue weighted by Gasteiger charge is -2.20. The summed E-state index contributed by atoms with van der Waals surface area (Å²) in [6.45, 7) is 3.55. The molecule has 0 saturated carbocycles. The zero-order chi connectivity index (χ0) is 13.0. The number of rotatable bonds is 5. The summed E-state index contributed by atoms with van der Waals surface area (Å²) in [4.78, 5) is 6.69. The van der Waals surface area contributed by atoms with Crippen LogP contribution in [0.3, 0.4) is 0 Å². The minimum absolute atomic E-state index is 0.406. The van der Waals surface area contributed by atoms with Gasteiger partial charge in [-0.2, -0.15) is 5.26 Å². The van der Waals surface area contributed by atoms with Gasteiger partial charge in [0.1, 0.15) is 5.65 Å². The minimum atomic E-state index is 0.406. The van der Waals surface area contributed by atoms with Crippen LogP contribution in [0, 0.1) is 11.3 Å². The minimum Gasteiger partial charge on any atom is -0.354 e. The SMILES string of the molecule is CCN(CCC#N)c1nc2ccccn2c1CCl. The molecule has 2 rings (SSSR count). The summed E-state index contributed by atoms with van der Waals surface area (Å²) in [6, 6.07) is 8.03. The van der Waals surface area contributed by atoms with Gasteiger partial charge in [0.15, 0.2) is 5.82 Å². The Balaban J connectivity index is 2.45. The number of imidazole rings is 1. The van der Waals surface area contributed by atoms with Gasteiger partial charge in [-0.15, -0.1) is 11.6 Å². The molecule has 18 heavy (non-hydrogen) atoms. The van der Waals surface area contributed by atoms with E-state index in [2.05, 4.69) is 22.9 Å². The zero-order valence-electron chi connectivity index (χ0n) is 10.3. The van der Waals surface area contributed by atoms with Crippen molar-refractivity contribution in [2.75, 3.05) is 18.0 Å². The van der Waals surface area contributed by atoms with Crippen LogP contribution in [-0.4, -0.2) is 22.5 Å². The van der Waals surface area contributed by atoms with E-state index in [4.69, 9.17) is 16.9 Å². The highest BCUT2D eigenvalue weighted by molar-refractivity contribution is 6.17. The van der Waals surface area contributed by atoms with Gasteiger partial charge >= 0.3 is 0 Å². The van der Waals surface area contributed by atoms with Crippen molar-refractivity contribution in [3.63, 3.8) is 0 Å². The Morgan fingerprint density at radius 3 is 3.00 bits per heavy atom. The molecular formula is C13H15ClN4. The maximum Gasteiger partial charge on any atom is 0.152 e. The van der Waals surface area contributed by atoms with Gasteiger partial charge in [0.25, 0.3) is 0 Å². The largest absolute Gasteiger partial charge is 0.354 e. The summed E-state index contributed by atoms with van der Waals surface area (Å²) in [6.07, 6.45) is 2.45. The summed E-state index contributed by atoms with van der Waals surface area (Å²) < 4.78 is 2.00. The van der Waals surface area contributed by atoms with Crippen LogP contribution >= 0.6 is 11.6 Å². The standard InChI is InChI=1S/C13H15ClN4/c1-2-17(8-5-7-15)13-11(10-14)18-9-4-3-6-12(18)16-13/h3-4,6,9H,2,5,8,10H2,1H3. The van der Waals surface area contributed by atoms with Crippen molar-refractivity contribution in [2.45, 2.75) is 19.2 Å². The molecule has 5 heteroatoms. The van der Waals surface area contributed by atoms with Crippen LogP contribution in [0.25, 0.3) is 5.65 Å². The van der Waals surface area contributed by atoms with Crippen molar-refractivity contribution in [1.29, 1.82) is 5.26 Å². The van der Waals surface area contributed by atoms with Gasteiger partial charge < -0.3 is 9.30 Å². The summed E-state index contributed by atoms with van der Waals surface area (Å²) in [5.41, 5.74) is 1.87. The normalized spacial score (nSPS) is 10.5. The molecule has 0 aromatic carbocycles. The summed E-state index contributed by atoms with van der Waals surface area (Å²) in [7, 11) is 0. The van der Waals surface area contributed by atoms with Gasteiger partial charge in [-0.25, -0.2) is 4.98 Å². The molecule has 0 aliphatic rings. The molecule has 2 aromatic rings. The fourth-order valence-corrected chi connectivity index (χ4v) is 2.26. The first-order chi connectivity index (χ1) is 8.81. The average Bonchev–Trinajstić information content (AvgIpc) is 2.78. The van der Waals surface area contributed by atoms with Crippen molar-refractivity contribution < 1.29 is 0 Å². The van der Waals surface area contributed by atoms with Gasteiger partial charge in [0.2, 0.25) is 0 Å². The first kappa shape index (κ1) is 12.7. The number of aromatic nitrogens is 2. The molecule has 0 atom stereocenters. The first-order valence-corrected chi connectivity index (χ1v) is 6.49. The second-order valence-electron chi connectivity index (χ2n) is 3.93. The molecule has 0 radical (unpaired) electrons. The zero-order valence-corrected chi connectivity index (χ0v) is 11.1. The highest BCUT2D eigenvalue weighted by Gasteiger charge is 2.15. The van der Waals surface area contributed by atoms with Crippen LogP contribution in [0.4, 0.5) is 5.82 Å². The molecule has 2 aromatic heterocycles. The predicted octanol–water partition coefficient (Wildman–Crippen LogP) is 2.81. The number of anilines is 1. The summed E-state index contributed by atoms with van der Waals surface area (Å²) in [5.74, 6) is 1.29. The van der Waals surface area contributed by atoms with E-state index in [-0.39, 0.29) is 0 Å². The van der Waals surface area contributed by atoms with Crippen LogP contribution in [-0.2, 0) is 5.88 Å². The molecule has 0 N–H and O–H groups in total. The van der Waals surface area contributed by atoms with Crippen molar-refractivity contribution in [1.82, 2.24) is 9.38 Å². The molecule has 0 spiro atoms. The van der Waals surface area contributed by atoms with Gasteiger partial charge in [-0.1, -0.05) is 6.07 Å². The number of hydrogen-bond donors (Lipinski definition) is 0. The molecule has 0 aliphatic carbocycles. The van der Waals surface area contributed by atoms with Crippen molar-refractivity contribution in [2.24, 2.45) is 0 Å². The van der Waals surface area contributed by atoms with Crippen LogP contribution in [0.1, 0.15) is 19.0 Å². The molecule has 4 nitrogen and oxygen atoms in total. The maximum absolute atomic E-state index is 8.70. The highest BCUT2D eigenvalue weighted by Crippen LogP contribution is 2.23. The molecular weight excluding hydrogens is 248 g/mol. The molecule has 0 bridgehead atoms. The fraction of sp³-hybridized carbons (Fsp3) is 0.385. The molecule has 2 heterocycles. The molecule has 0 amide bonds. The quantitative estimate of drug-likeness (QED) is 0.779. The van der Waals surface area contributed by atoms with E-state index >= 15 is 0 Å². The van der Waals surface area contributed by atoms with Crippen molar-refractivity contribution in [3.8, 4) is 6.07 Å².